The van der Waals surface area contributed by atoms with Crippen LogP contribution in [0.2, 0.25) is 0 Å². The average Bonchev–Trinajstić information content (AvgIpc) is 3.80. The van der Waals surface area contributed by atoms with Gasteiger partial charge in [0, 0.05) is 11.1 Å². The summed E-state index contributed by atoms with van der Waals surface area (Å²) in [5.41, 5.74) is 7.70. The molecule has 4 heterocycles. The number of pyridine rings is 2. The van der Waals surface area contributed by atoms with E-state index in [0.29, 0.717) is 11.5 Å². The zero-order valence-electron chi connectivity index (χ0n) is 22.3. The number of hydrogen-bond acceptors (Lipinski definition) is 6. The largest absolute Gasteiger partial charge is 0.442 e. The van der Waals surface area contributed by atoms with Crippen LogP contribution < -0.4 is 0 Å². The summed E-state index contributed by atoms with van der Waals surface area (Å²) in [5.74, 6) is 1.29. The molecule has 0 aliphatic heterocycles. The first-order chi connectivity index (χ1) is 20.8. The SMILES string of the molecule is c1cc(-c2cnco2)nc(-c2ccc(-c3ccc(-c4cccc(-c5cnco5)n4)c4ccccc34)c3ccccc23)c1. The van der Waals surface area contributed by atoms with Crippen molar-refractivity contribution in [2.75, 3.05) is 0 Å². The van der Waals surface area contributed by atoms with Gasteiger partial charge in [-0.05, 0) is 56.9 Å². The van der Waals surface area contributed by atoms with Gasteiger partial charge in [0.25, 0.3) is 0 Å². The van der Waals surface area contributed by atoms with E-state index in [2.05, 4.69) is 82.8 Å². The lowest BCUT2D eigenvalue weighted by atomic mass is 9.89. The minimum absolute atomic E-state index is 0.644. The van der Waals surface area contributed by atoms with E-state index in [4.69, 9.17) is 18.8 Å². The lowest BCUT2D eigenvalue weighted by Crippen LogP contribution is -1.92. The minimum Gasteiger partial charge on any atom is -0.442 e. The Balaban J connectivity index is 1.28. The molecular weight excluding hydrogens is 520 g/mol. The number of nitrogens with zero attached hydrogens (tertiary/aromatic N) is 4. The van der Waals surface area contributed by atoms with Crippen LogP contribution in [0.5, 0.6) is 0 Å². The van der Waals surface area contributed by atoms with Crippen LogP contribution in [0.15, 0.2) is 143 Å². The van der Waals surface area contributed by atoms with Crippen molar-refractivity contribution in [3.05, 3.63) is 134 Å². The van der Waals surface area contributed by atoms with Crippen LogP contribution in [0, 0.1) is 0 Å². The van der Waals surface area contributed by atoms with Crippen molar-refractivity contribution in [2.45, 2.75) is 0 Å². The zero-order chi connectivity index (χ0) is 27.9. The Labute approximate surface area is 241 Å². The molecule has 4 aromatic heterocycles. The first kappa shape index (κ1) is 24.0. The second-order valence-electron chi connectivity index (χ2n) is 9.96. The van der Waals surface area contributed by atoms with Crippen molar-refractivity contribution in [1.29, 1.82) is 0 Å². The van der Waals surface area contributed by atoms with Gasteiger partial charge < -0.3 is 8.83 Å². The molecule has 0 bridgehead atoms. The predicted octanol–water partition coefficient (Wildman–Crippen LogP) is 9.09. The molecule has 42 heavy (non-hydrogen) atoms. The van der Waals surface area contributed by atoms with Crippen molar-refractivity contribution in [2.24, 2.45) is 0 Å². The third kappa shape index (κ3) is 4.05. The Morgan fingerprint density at radius 1 is 0.357 bits per heavy atom. The quantitative estimate of drug-likeness (QED) is 0.216. The highest BCUT2D eigenvalue weighted by molar-refractivity contribution is 6.11. The van der Waals surface area contributed by atoms with Gasteiger partial charge in [-0.2, -0.15) is 0 Å². The van der Waals surface area contributed by atoms with Crippen molar-refractivity contribution >= 4 is 21.5 Å². The molecule has 198 valence electrons. The Kier molecular flexibility index (Phi) is 5.67. The smallest absolute Gasteiger partial charge is 0.181 e. The fourth-order valence-electron chi connectivity index (χ4n) is 5.64. The summed E-state index contributed by atoms with van der Waals surface area (Å²) >= 11 is 0. The summed E-state index contributed by atoms with van der Waals surface area (Å²) in [6.45, 7) is 0. The monoisotopic (exact) mass is 542 g/mol. The molecule has 0 unspecified atom stereocenters. The molecule has 0 radical (unpaired) electrons. The second kappa shape index (κ2) is 9.94. The molecule has 0 saturated heterocycles. The summed E-state index contributed by atoms with van der Waals surface area (Å²) in [5, 5.41) is 4.58. The molecular formula is C36H22N4O2. The van der Waals surface area contributed by atoms with E-state index >= 15 is 0 Å². The molecule has 0 N–H and O–H groups in total. The highest BCUT2D eigenvalue weighted by Gasteiger charge is 2.16. The minimum atomic E-state index is 0.644. The maximum Gasteiger partial charge on any atom is 0.181 e. The first-order valence-electron chi connectivity index (χ1n) is 13.6. The van der Waals surface area contributed by atoms with Crippen molar-refractivity contribution in [1.82, 2.24) is 19.9 Å². The van der Waals surface area contributed by atoms with Crippen LogP contribution in [0.25, 0.3) is 78.1 Å². The van der Waals surface area contributed by atoms with Gasteiger partial charge in [-0.3, -0.25) is 0 Å². The Bertz CT molecular complexity index is 2040. The van der Waals surface area contributed by atoms with E-state index < -0.39 is 0 Å². The van der Waals surface area contributed by atoms with Gasteiger partial charge in [0.05, 0.1) is 23.8 Å². The van der Waals surface area contributed by atoms with Gasteiger partial charge in [-0.25, -0.2) is 19.9 Å². The number of rotatable bonds is 5. The van der Waals surface area contributed by atoms with Crippen LogP contribution in [-0.2, 0) is 0 Å². The van der Waals surface area contributed by atoms with E-state index in [0.717, 1.165) is 66.6 Å². The van der Waals surface area contributed by atoms with E-state index in [-0.39, 0.29) is 0 Å². The fraction of sp³-hybridized carbons (Fsp3) is 0. The number of hydrogen-bond donors (Lipinski definition) is 0. The molecule has 0 spiro atoms. The Hall–Kier alpha value is -5.88. The van der Waals surface area contributed by atoms with Crippen molar-refractivity contribution < 1.29 is 8.83 Å². The third-order valence-electron chi connectivity index (χ3n) is 7.56. The zero-order valence-corrected chi connectivity index (χ0v) is 22.3. The summed E-state index contributed by atoms with van der Waals surface area (Å²) in [4.78, 5) is 17.9. The normalized spacial score (nSPS) is 11.3. The van der Waals surface area contributed by atoms with Gasteiger partial charge in [-0.15, -0.1) is 0 Å². The topological polar surface area (TPSA) is 77.8 Å². The summed E-state index contributed by atoms with van der Waals surface area (Å²) in [6, 6.07) is 37.7. The fourth-order valence-corrected chi connectivity index (χ4v) is 5.64. The molecule has 0 fully saturated rings. The van der Waals surface area contributed by atoms with E-state index in [1.807, 2.05) is 36.4 Å². The van der Waals surface area contributed by atoms with E-state index in [9.17, 15) is 0 Å². The Morgan fingerprint density at radius 3 is 1.14 bits per heavy atom. The highest BCUT2D eigenvalue weighted by Crippen LogP contribution is 2.40. The summed E-state index contributed by atoms with van der Waals surface area (Å²) in [6.07, 6.45) is 6.21. The second-order valence-corrected chi connectivity index (χ2v) is 9.96. The van der Waals surface area contributed by atoms with Crippen molar-refractivity contribution in [3.63, 3.8) is 0 Å². The molecule has 6 nitrogen and oxygen atoms in total. The molecule has 0 amide bonds. The van der Waals surface area contributed by atoms with Gasteiger partial charge in [0.1, 0.15) is 11.4 Å². The molecule has 0 aliphatic rings. The number of benzene rings is 4. The standard InChI is InChI=1S/C36H22N4O2/c1-3-9-25-23(7-1)27(15-17-29(25)31-11-5-13-33(39-31)35-19-37-21-41-35)28-16-18-30(26-10-4-2-8-24(26)28)32-12-6-14-34(40-32)36-20-38-22-42-36/h1-22H. The highest BCUT2D eigenvalue weighted by atomic mass is 16.3. The molecule has 8 rings (SSSR count). The van der Waals surface area contributed by atoms with Gasteiger partial charge in [-0.1, -0.05) is 84.9 Å². The van der Waals surface area contributed by atoms with Gasteiger partial charge >= 0.3 is 0 Å². The molecule has 0 saturated carbocycles. The number of aromatic nitrogens is 4. The molecule has 4 aromatic carbocycles. The van der Waals surface area contributed by atoms with E-state index in [1.54, 1.807) is 12.4 Å². The number of fused-ring (bicyclic) bond motifs is 2. The van der Waals surface area contributed by atoms with Crippen LogP contribution >= 0.6 is 0 Å². The van der Waals surface area contributed by atoms with E-state index in [1.165, 1.54) is 12.8 Å². The maximum atomic E-state index is 5.50. The van der Waals surface area contributed by atoms with Gasteiger partial charge in [0.15, 0.2) is 24.3 Å². The first-order valence-corrected chi connectivity index (χ1v) is 13.6. The predicted molar refractivity (Wildman–Crippen MR) is 164 cm³/mol. The van der Waals surface area contributed by atoms with Gasteiger partial charge in [0.2, 0.25) is 0 Å². The number of oxazole rings is 2. The average molecular weight is 543 g/mol. The van der Waals surface area contributed by atoms with Crippen molar-refractivity contribution in [3.8, 4) is 56.6 Å². The molecule has 8 aromatic rings. The lowest BCUT2D eigenvalue weighted by molar-refractivity contribution is 0.569. The summed E-state index contributed by atoms with van der Waals surface area (Å²) in [7, 11) is 0. The van der Waals surface area contributed by atoms with Crippen LogP contribution in [-0.4, -0.2) is 19.9 Å². The maximum absolute atomic E-state index is 5.50. The van der Waals surface area contributed by atoms with Crippen LogP contribution in [0.4, 0.5) is 0 Å². The lowest BCUT2D eigenvalue weighted by Gasteiger charge is -2.15. The summed E-state index contributed by atoms with van der Waals surface area (Å²) < 4.78 is 11.0. The Morgan fingerprint density at radius 2 is 0.738 bits per heavy atom. The molecule has 0 aliphatic carbocycles. The molecule has 6 heteroatoms. The third-order valence-corrected chi connectivity index (χ3v) is 7.56. The van der Waals surface area contributed by atoms with Crippen LogP contribution in [0.3, 0.4) is 0 Å². The molecule has 0 atom stereocenters. The van der Waals surface area contributed by atoms with Crippen LogP contribution in [0.1, 0.15) is 0 Å².